The first-order valence-electron chi connectivity index (χ1n) is 12.4. The Labute approximate surface area is 224 Å². The van der Waals surface area contributed by atoms with Gasteiger partial charge in [-0.25, -0.2) is 18.3 Å². The smallest absolute Gasteiger partial charge is 0.320 e. The number of hydrogen-bond acceptors (Lipinski definition) is 6. The van der Waals surface area contributed by atoms with Crippen LogP contribution < -0.4 is 10.6 Å². The Morgan fingerprint density at radius 3 is 2.67 bits per heavy atom. The second-order valence-electron chi connectivity index (χ2n) is 9.26. The van der Waals surface area contributed by atoms with E-state index in [1.165, 1.54) is 6.07 Å². The van der Waals surface area contributed by atoms with E-state index in [2.05, 4.69) is 15.7 Å². The van der Waals surface area contributed by atoms with Crippen molar-refractivity contribution in [3.8, 4) is 16.9 Å². The molecule has 1 aliphatic rings. The Hall–Kier alpha value is -4.13. The van der Waals surface area contributed by atoms with Crippen LogP contribution in [0.2, 0.25) is 0 Å². The van der Waals surface area contributed by atoms with Gasteiger partial charge in [-0.1, -0.05) is 24.3 Å². The predicted molar refractivity (Wildman–Crippen MR) is 140 cm³/mol. The Morgan fingerprint density at radius 1 is 1.18 bits per heavy atom. The van der Waals surface area contributed by atoms with E-state index in [0.29, 0.717) is 36.8 Å². The van der Waals surface area contributed by atoms with Crippen molar-refractivity contribution < 1.29 is 23.1 Å². The molecule has 2 amide bonds. The molecule has 0 radical (unpaired) electrons. The first-order valence-corrected chi connectivity index (χ1v) is 12.4. The molecule has 0 spiro atoms. The summed E-state index contributed by atoms with van der Waals surface area (Å²) in [5, 5.41) is 16.5. The van der Waals surface area contributed by atoms with Gasteiger partial charge in [0.25, 0.3) is 0 Å². The first kappa shape index (κ1) is 26.5. The monoisotopic (exact) mass is 537 g/mol. The average Bonchev–Trinajstić information content (AvgIpc) is 3.62. The van der Waals surface area contributed by atoms with Crippen LogP contribution >= 0.6 is 0 Å². The number of amides is 2. The molecule has 5 rings (SSSR count). The van der Waals surface area contributed by atoms with E-state index in [1.54, 1.807) is 27.7 Å². The summed E-state index contributed by atoms with van der Waals surface area (Å²) in [7, 11) is 3.40. The lowest BCUT2D eigenvalue weighted by Crippen LogP contribution is -2.42. The van der Waals surface area contributed by atoms with Crippen molar-refractivity contribution in [2.75, 3.05) is 32.1 Å². The molecule has 0 aliphatic carbocycles. The number of anilines is 1. The Morgan fingerprint density at radius 2 is 1.97 bits per heavy atom. The maximum atomic E-state index is 14.0. The van der Waals surface area contributed by atoms with Gasteiger partial charge in [-0.15, -0.1) is 0 Å². The van der Waals surface area contributed by atoms with Gasteiger partial charge >= 0.3 is 6.03 Å². The van der Waals surface area contributed by atoms with Crippen molar-refractivity contribution in [1.29, 1.82) is 0 Å². The van der Waals surface area contributed by atoms with Crippen LogP contribution in [-0.4, -0.2) is 63.5 Å². The molecule has 3 heterocycles. The summed E-state index contributed by atoms with van der Waals surface area (Å²) in [6.07, 6.45) is 2.84. The third-order valence-electron chi connectivity index (χ3n) is 6.50. The van der Waals surface area contributed by atoms with Crippen LogP contribution in [0.15, 0.2) is 60.9 Å². The van der Waals surface area contributed by atoms with Gasteiger partial charge in [-0.2, -0.15) is 15.3 Å². The van der Waals surface area contributed by atoms with E-state index < -0.39 is 29.8 Å². The number of ether oxygens (including phenoxy) is 1. The molecule has 2 aromatic carbocycles. The van der Waals surface area contributed by atoms with E-state index in [-0.39, 0.29) is 0 Å². The second-order valence-corrected chi connectivity index (χ2v) is 9.26. The number of methoxy groups -OCH3 is 1. The van der Waals surface area contributed by atoms with Crippen LogP contribution in [0.1, 0.15) is 17.2 Å². The summed E-state index contributed by atoms with van der Waals surface area (Å²) >= 11 is 0. The summed E-state index contributed by atoms with van der Waals surface area (Å²) in [5.74, 6) is -1.46. The minimum absolute atomic E-state index is 0.318. The normalized spacial score (nSPS) is 17.5. The van der Waals surface area contributed by atoms with Crippen LogP contribution in [0, 0.1) is 18.6 Å². The van der Waals surface area contributed by atoms with E-state index >= 15 is 0 Å². The largest absolute Gasteiger partial charge is 0.383 e. The average molecular weight is 538 g/mol. The number of hydrogen-bond donors (Lipinski definition) is 2. The quantitative estimate of drug-likeness (QED) is 0.353. The van der Waals surface area contributed by atoms with Crippen LogP contribution in [-0.2, 0) is 16.6 Å². The number of halogens is 2. The van der Waals surface area contributed by atoms with Gasteiger partial charge in [0, 0.05) is 44.6 Å². The number of urea groups is 1. The molecule has 0 bridgehead atoms. The minimum atomic E-state index is -0.986. The lowest BCUT2D eigenvalue weighted by molar-refractivity contribution is -0.154. The maximum absolute atomic E-state index is 14.0. The number of aryl methyl sites for hydroxylation is 1. The third kappa shape index (κ3) is 5.67. The zero-order valence-corrected chi connectivity index (χ0v) is 21.8. The summed E-state index contributed by atoms with van der Waals surface area (Å²) in [6, 6.07) is 12.0. The number of carbonyl (C=O) groups is 1. The molecule has 1 aliphatic heterocycles. The van der Waals surface area contributed by atoms with Crippen molar-refractivity contribution in [3.05, 3.63) is 83.7 Å². The van der Waals surface area contributed by atoms with Gasteiger partial charge in [0.1, 0.15) is 17.6 Å². The van der Waals surface area contributed by atoms with Crippen LogP contribution in [0.3, 0.4) is 0 Å². The van der Waals surface area contributed by atoms with Crippen LogP contribution in [0.25, 0.3) is 16.9 Å². The van der Waals surface area contributed by atoms with Gasteiger partial charge < -0.3 is 10.1 Å². The highest BCUT2D eigenvalue weighted by atomic mass is 19.2. The van der Waals surface area contributed by atoms with Crippen molar-refractivity contribution in [2.24, 2.45) is 7.05 Å². The van der Waals surface area contributed by atoms with Gasteiger partial charge in [0.2, 0.25) is 0 Å². The van der Waals surface area contributed by atoms with Crippen LogP contribution in [0.4, 0.5) is 19.4 Å². The molecular weight excluding hydrogens is 508 g/mol. The van der Waals surface area contributed by atoms with Gasteiger partial charge in [0.15, 0.2) is 11.6 Å². The molecule has 4 aromatic rings. The molecule has 10 nitrogen and oxygen atoms in total. The highest BCUT2D eigenvalue weighted by Gasteiger charge is 2.37. The Kier molecular flexibility index (Phi) is 7.68. The van der Waals surface area contributed by atoms with E-state index in [1.807, 2.05) is 50.5 Å². The lowest BCUT2D eigenvalue weighted by atomic mass is 10.0. The van der Waals surface area contributed by atoms with Crippen molar-refractivity contribution in [3.63, 3.8) is 0 Å². The molecular formula is C27H29F2N7O3. The number of para-hydroxylation sites is 1. The Balaban J connectivity index is 1.42. The fraction of sp³-hybridized carbons (Fsp3) is 0.296. The summed E-state index contributed by atoms with van der Waals surface area (Å²) in [4.78, 5) is 19.3. The number of benzene rings is 2. The van der Waals surface area contributed by atoms with Gasteiger partial charge in [-0.05, 0) is 36.8 Å². The van der Waals surface area contributed by atoms with Crippen molar-refractivity contribution in [1.82, 2.24) is 29.9 Å². The standard InChI is InChI=1S/C27H29F2N7O3/c1-17-24(19-14-30-34(2)15-19)33-36(20-7-5-4-6-8-20)26(17)32-27(37)31-23-16-35(11-12-38-3)39-25(23)18-9-10-21(28)22(29)13-18/h4-10,13-15,23,25H,11-12,16H2,1-3H3,(H2,31,32,37)/t23-,25+/m1/s1. The highest BCUT2D eigenvalue weighted by Crippen LogP contribution is 2.32. The lowest BCUT2D eigenvalue weighted by Gasteiger charge is -2.20. The third-order valence-corrected chi connectivity index (χ3v) is 6.50. The second kappa shape index (κ2) is 11.3. The minimum Gasteiger partial charge on any atom is -0.383 e. The summed E-state index contributed by atoms with van der Waals surface area (Å²) in [6.45, 7) is 3.03. The topological polar surface area (TPSA) is 98.5 Å². The first-order chi connectivity index (χ1) is 18.8. The molecule has 1 saturated heterocycles. The van der Waals surface area contributed by atoms with Crippen molar-refractivity contribution in [2.45, 2.75) is 19.1 Å². The number of carbonyl (C=O) groups excluding carboxylic acids is 1. The fourth-order valence-electron chi connectivity index (χ4n) is 4.56. The molecule has 2 N–H and O–H groups in total. The summed E-state index contributed by atoms with van der Waals surface area (Å²) < 4.78 is 36.1. The van der Waals surface area contributed by atoms with E-state index in [0.717, 1.165) is 28.9 Å². The number of nitrogens with zero attached hydrogens (tertiary/aromatic N) is 5. The maximum Gasteiger partial charge on any atom is 0.320 e. The van der Waals surface area contributed by atoms with E-state index in [9.17, 15) is 13.6 Å². The highest BCUT2D eigenvalue weighted by molar-refractivity contribution is 5.91. The zero-order chi connectivity index (χ0) is 27.5. The van der Waals surface area contributed by atoms with Crippen molar-refractivity contribution >= 4 is 11.8 Å². The zero-order valence-electron chi connectivity index (χ0n) is 21.8. The number of hydroxylamine groups is 2. The molecule has 1 fully saturated rings. The number of rotatable bonds is 8. The van der Waals surface area contributed by atoms with Crippen LogP contribution in [0.5, 0.6) is 0 Å². The molecule has 39 heavy (non-hydrogen) atoms. The number of nitrogens with one attached hydrogen (secondary N) is 2. The summed E-state index contributed by atoms with van der Waals surface area (Å²) in [5.41, 5.74) is 3.41. The Bertz CT molecular complexity index is 1460. The molecule has 2 atom stereocenters. The predicted octanol–water partition coefficient (Wildman–Crippen LogP) is 3.98. The molecule has 12 heteroatoms. The molecule has 204 valence electrons. The number of aromatic nitrogens is 4. The molecule has 2 aromatic heterocycles. The van der Waals surface area contributed by atoms with Gasteiger partial charge in [0.05, 0.1) is 24.5 Å². The molecule has 0 unspecified atom stereocenters. The van der Waals surface area contributed by atoms with Gasteiger partial charge in [-0.3, -0.25) is 14.8 Å². The fourth-order valence-corrected chi connectivity index (χ4v) is 4.56. The van der Waals surface area contributed by atoms with E-state index in [4.69, 9.17) is 14.7 Å². The SMILES string of the molecule is COCCN1C[C@@H](NC(=O)Nc2c(C)c(-c3cnn(C)c3)nn2-c2ccccc2)[C@H](c2ccc(F)c(F)c2)O1. The molecule has 0 saturated carbocycles.